The minimum absolute atomic E-state index is 0.159. The van der Waals surface area contributed by atoms with E-state index in [-0.39, 0.29) is 18.4 Å². The van der Waals surface area contributed by atoms with Crippen LogP contribution in [-0.2, 0) is 14.1 Å². The van der Waals surface area contributed by atoms with Crippen molar-refractivity contribution in [1.29, 1.82) is 0 Å². The molecule has 1 aliphatic rings. The first-order valence-electron chi connectivity index (χ1n) is 11.3. The van der Waals surface area contributed by atoms with E-state index in [2.05, 4.69) is 52.2 Å². The second kappa shape index (κ2) is 14.2. The molecule has 1 atom stereocenters. The van der Waals surface area contributed by atoms with Crippen LogP contribution in [0.5, 0.6) is 0 Å². The number of carbonyl (C=O) groups is 2. The van der Waals surface area contributed by atoms with Gasteiger partial charge in [-0.05, 0) is 43.5 Å². The molecule has 0 bridgehead atoms. The second-order valence-electron chi connectivity index (χ2n) is 8.42. The fraction of sp³-hybridized carbons (Fsp3) is 0.636. The molecule has 1 aromatic rings. The summed E-state index contributed by atoms with van der Waals surface area (Å²) in [6, 6.07) is 5.00. The van der Waals surface area contributed by atoms with Gasteiger partial charge in [0.1, 0.15) is 0 Å². The molecule has 2 amide bonds. The van der Waals surface area contributed by atoms with Gasteiger partial charge < -0.3 is 19.9 Å². The van der Waals surface area contributed by atoms with Crippen molar-refractivity contribution in [2.24, 2.45) is 5.92 Å². The van der Waals surface area contributed by atoms with E-state index in [0.717, 1.165) is 36.9 Å². The number of benzene rings is 1. The topological polar surface area (TPSA) is 79.9 Å². The van der Waals surface area contributed by atoms with Gasteiger partial charge in [-0.25, -0.2) is 0 Å². The van der Waals surface area contributed by atoms with Crippen LogP contribution < -0.4 is 10.6 Å². The number of amides is 2. The van der Waals surface area contributed by atoms with Gasteiger partial charge in [0.15, 0.2) is 0 Å². The second-order valence-corrected chi connectivity index (χ2v) is 9.74. The quantitative estimate of drug-likeness (QED) is 0.453. The van der Waals surface area contributed by atoms with Gasteiger partial charge in [0.05, 0.1) is 23.1 Å². The van der Waals surface area contributed by atoms with Crippen molar-refractivity contribution in [3.05, 3.63) is 33.3 Å². The van der Waals surface area contributed by atoms with Crippen LogP contribution in [0.3, 0.4) is 0 Å². The van der Waals surface area contributed by atoms with E-state index in [4.69, 9.17) is 20.9 Å². The van der Waals surface area contributed by atoms with E-state index in [1.165, 1.54) is 0 Å². The molecular formula is C22H34BBrClN3O4. The number of halogens is 2. The number of hydrogen-bond acceptors (Lipinski definition) is 5. The van der Waals surface area contributed by atoms with Crippen LogP contribution in [0.25, 0.3) is 0 Å². The lowest BCUT2D eigenvalue weighted by Gasteiger charge is -2.31. The molecule has 2 N–H and O–H groups in total. The average Bonchev–Trinajstić information content (AvgIpc) is 2.72. The lowest BCUT2D eigenvalue weighted by Crippen LogP contribution is -2.54. The first kappa shape index (κ1) is 27.1. The van der Waals surface area contributed by atoms with Gasteiger partial charge in [-0.3, -0.25) is 14.5 Å². The zero-order valence-electron chi connectivity index (χ0n) is 19.2. The van der Waals surface area contributed by atoms with E-state index >= 15 is 0 Å². The highest BCUT2D eigenvalue weighted by atomic mass is 79.9. The molecule has 0 unspecified atom stereocenters. The van der Waals surface area contributed by atoms with Gasteiger partial charge in [0, 0.05) is 30.8 Å². The highest BCUT2D eigenvalue weighted by Gasteiger charge is 2.33. The molecule has 0 saturated carbocycles. The normalized spacial score (nSPS) is 16.4. The zero-order valence-corrected chi connectivity index (χ0v) is 21.5. The van der Waals surface area contributed by atoms with Gasteiger partial charge in [-0.15, -0.1) is 0 Å². The summed E-state index contributed by atoms with van der Waals surface area (Å²) >= 11 is 9.42. The highest BCUT2D eigenvalue weighted by Crippen LogP contribution is 2.20. The van der Waals surface area contributed by atoms with Crippen LogP contribution in [0, 0.1) is 5.92 Å². The predicted molar refractivity (Wildman–Crippen MR) is 132 cm³/mol. The molecule has 0 aliphatic carbocycles. The minimum atomic E-state index is -0.509. The molecule has 1 aliphatic heterocycles. The standard InChI is InChI=1S/C22H34BBrClN3O4/c1-4-5-8-28-9-11-31-23(32-12-10-28)20(13-16(2)3)27-21(29)15-26-22(30)18-14-17(24)6-7-19(18)25/h6-7,14,16,20H,4-5,8-13,15H2,1-3H3,(H,26,30)(H,27,29)/t20-/m0/s1. The molecule has 10 heteroatoms. The average molecular weight is 531 g/mol. The molecule has 1 heterocycles. The summed E-state index contributed by atoms with van der Waals surface area (Å²) in [4.78, 5) is 27.4. The number of unbranched alkanes of at least 4 members (excludes halogenated alkanes) is 1. The number of nitrogens with one attached hydrogen (secondary N) is 2. The third kappa shape index (κ3) is 9.39. The number of nitrogens with zero attached hydrogens (tertiary/aromatic N) is 1. The lowest BCUT2D eigenvalue weighted by molar-refractivity contribution is -0.120. The van der Waals surface area contributed by atoms with Crippen LogP contribution in [-0.4, -0.2) is 69.2 Å². The molecule has 1 saturated heterocycles. The van der Waals surface area contributed by atoms with Crippen LogP contribution in [0.4, 0.5) is 0 Å². The third-order valence-corrected chi connectivity index (χ3v) is 6.01. The maximum absolute atomic E-state index is 12.6. The van der Waals surface area contributed by atoms with E-state index in [9.17, 15) is 9.59 Å². The summed E-state index contributed by atoms with van der Waals surface area (Å²) in [6.07, 6.45) is 3.03. The molecule has 0 aromatic heterocycles. The van der Waals surface area contributed by atoms with Gasteiger partial charge >= 0.3 is 7.12 Å². The fourth-order valence-corrected chi connectivity index (χ4v) is 4.09. The Hall–Kier alpha value is -1.13. The summed E-state index contributed by atoms with van der Waals surface area (Å²) in [6.45, 7) is 10.1. The summed E-state index contributed by atoms with van der Waals surface area (Å²) in [5.41, 5.74) is 0.312. The Labute approximate surface area is 205 Å². The molecule has 0 spiro atoms. The van der Waals surface area contributed by atoms with E-state index in [1.807, 2.05) is 0 Å². The Bertz CT molecular complexity index is 746. The maximum Gasteiger partial charge on any atom is 0.480 e. The number of rotatable bonds is 10. The largest absolute Gasteiger partial charge is 0.480 e. The highest BCUT2D eigenvalue weighted by molar-refractivity contribution is 9.10. The number of hydrogen-bond donors (Lipinski definition) is 2. The Balaban J connectivity index is 1.90. The van der Waals surface area contributed by atoms with Gasteiger partial charge in [0.25, 0.3) is 5.91 Å². The smallest absolute Gasteiger partial charge is 0.408 e. The van der Waals surface area contributed by atoms with E-state index < -0.39 is 13.0 Å². The van der Waals surface area contributed by atoms with Crippen LogP contribution in [0.2, 0.25) is 5.02 Å². The van der Waals surface area contributed by atoms with Crippen molar-refractivity contribution in [1.82, 2.24) is 15.5 Å². The Morgan fingerprint density at radius 1 is 1.25 bits per heavy atom. The van der Waals surface area contributed by atoms with Crippen molar-refractivity contribution in [2.75, 3.05) is 39.4 Å². The third-order valence-electron chi connectivity index (χ3n) is 5.19. The molecule has 1 aromatic carbocycles. The lowest BCUT2D eigenvalue weighted by atomic mass is 9.73. The molecule has 0 radical (unpaired) electrons. The van der Waals surface area contributed by atoms with Gasteiger partial charge in [0.2, 0.25) is 5.91 Å². The Morgan fingerprint density at radius 2 is 1.94 bits per heavy atom. The van der Waals surface area contributed by atoms with Crippen molar-refractivity contribution in [2.45, 2.75) is 46.0 Å². The molecular weight excluding hydrogens is 496 g/mol. The fourth-order valence-electron chi connectivity index (χ4n) is 3.52. The Kier molecular flexibility index (Phi) is 12.0. The first-order valence-corrected chi connectivity index (χ1v) is 12.5. The monoisotopic (exact) mass is 529 g/mol. The SMILES string of the molecule is CCCCN1CCOB([C@H](CC(C)C)NC(=O)CNC(=O)c2cc(Br)ccc2Cl)OCC1. The molecule has 7 nitrogen and oxygen atoms in total. The zero-order chi connectivity index (χ0) is 23.5. The maximum atomic E-state index is 12.6. The molecule has 2 rings (SSSR count). The minimum Gasteiger partial charge on any atom is -0.408 e. The molecule has 32 heavy (non-hydrogen) atoms. The molecule has 178 valence electrons. The van der Waals surface area contributed by atoms with Crippen LogP contribution in [0.1, 0.15) is 50.4 Å². The van der Waals surface area contributed by atoms with Gasteiger partial charge in [-0.1, -0.05) is 54.7 Å². The van der Waals surface area contributed by atoms with Crippen molar-refractivity contribution in [3.63, 3.8) is 0 Å². The summed E-state index contributed by atoms with van der Waals surface area (Å²) in [5.74, 6) is -0.656. The van der Waals surface area contributed by atoms with E-state index in [0.29, 0.717) is 36.1 Å². The molecule has 1 fully saturated rings. The Morgan fingerprint density at radius 3 is 2.56 bits per heavy atom. The van der Waals surface area contributed by atoms with Crippen molar-refractivity contribution >= 4 is 46.5 Å². The van der Waals surface area contributed by atoms with Gasteiger partial charge in [-0.2, -0.15) is 0 Å². The van der Waals surface area contributed by atoms with E-state index in [1.54, 1.807) is 18.2 Å². The predicted octanol–water partition coefficient (Wildman–Crippen LogP) is 3.54. The summed E-state index contributed by atoms with van der Waals surface area (Å²) in [7, 11) is -0.509. The van der Waals surface area contributed by atoms with Crippen molar-refractivity contribution < 1.29 is 18.9 Å². The van der Waals surface area contributed by atoms with Crippen LogP contribution >= 0.6 is 27.5 Å². The summed E-state index contributed by atoms with van der Waals surface area (Å²) < 4.78 is 12.7. The number of carbonyl (C=O) groups excluding carboxylic acids is 2. The first-order chi connectivity index (χ1) is 15.3. The summed E-state index contributed by atoms with van der Waals surface area (Å²) in [5, 5.41) is 5.94. The van der Waals surface area contributed by atoms with Crippen LogP contribution in [0.15, 0.2) is 22.7 Å². The van der Waals surface area contributed by atoms with Crippen molar-refractivity contribution in [3.8, 4) is 0 Å².